The monoisotopic (exact) mass is 358 g/mol. The molecule has 0 bridgehead atoms. The summed E-state index contributed by atoms with van der Waals surface area (Å²) < 4.78 is 0. The Morgan fingerprint density at radius 2 is 1.81 bits per heavy atom. The van der Waals surface area contributed by atoms with Gasteiger partial charge in [0.15, 0.2) is 0 Å². The number of anilines is 2. The van der Waals surface area contributed by atoms with E-state index in [0.717, 1.165) is 50.4 Å². The molecule has 1 saturated heterocycles. The van der Waals surface area contributed by atoms with Gasteiger partial charge in [0.2, 0.25) is 0 Å². The number of hydrogen-bond donors (Lipinski definition) is 1. The third-order valence-corrected chi connectivity index (χ3v) is 6.00. The molecule has 5 rings (SSSR count). The first-order valence-corrected chi connectivity index (χ1v) is 9.95. The van der Waals surface area contributed by atoms with E-state index in [2.05, 4.69) is 76.8 Å². The van der Waals surface area contributed by atoms with Crippen LogP contribution in [0.2, 0.25) is 0 Å². The Kier molecular flexibility index (Phi) is 4.21. The molecule has 0 radical (unpaired) electrons. The first kappa shape index (κ1) is 16.6. The van der Waals surface area contributed by atoms with E-state index < -0.39 is 0 Å². The van der Waals surface area contributed by atoms with Gasteiger partial charge in [0, 0.05) is 37.3 Å². The van der Waals surface area contributed by atoms with Crippen LogP contribution in [-0.4, -0.2) is 43.1 Å². The molecule has 1 fully saturated rings. The van der Waals surface area contributed by atoms with Crippen LogP contribution in [0.4, 0.5) is 11.5 Å². The topological polar surface area (TPSA) is 31.4 Å². The predicted octanol–water partition coefficient (Wildman–Crippen LogP) is 4.09. The third-order valence-electron chi connectivity index (χ3n) is 6.00. The van der Waals surface area contributed by atoms with Crippen LogP contribution in [0.3, 0.4) is 0 Å². The van der Waals surface area contributed by atoms with Crippen LogP contribution in [0.5, 0.6) is 0 Å². The van der Waals surface area contributed by atoms with E-state index in [0.29, 0.717) is 6.04 Å². The van der Waals surface area contributed by atoms with Gasteiger partial charge in [-0.2, -0.15) is 0 Å². The SMILES string of the molecule is CN1CCN(c2ccc3nc(N[C@@H]4CCc5ccccc54)ccc3c2)CC1. The number of nitrogens with one attached hydrogen (secondary N) is 1. The molecule has 2 aromatic carbocycles. The molecule has 2 heterocycles. The molecule has 0 spiro atoms. The summed E-state index contributed by atoms with van der Waals surface area (Å²) in [6.45, 7) is 4.44. The van der Waals surface area contributed by atoms with Crippen LogP contribution >= 0.6 is 0 Å². The van der Waals surface area contributed by atoms with Crippen molar-refractivity contribution < 1.29 is 0 Å². The minimum atomic E-state index is 0.371. The van der Waals surface area contributed by atoms with Crippen LogP contribution < -0.4 is 10.2 Å². The van der Waals surface area contributed by atoms with Crippen LogP contribution in [0.1, 0.15) is 23.6 Å². The van der Waals surface area contributed by atoms with Crippen molar-refractivity contribution in [2.45, 2.75) is 18.9 Å². The summed E-state index contributed by atoms with van der Waals surface area (Å²) in [5, 5.41) is 4.86. The van der Waals surface area contributed by atoms with Crippen molar-refractivity contribution >= 4 is 22.4 Å². The smallest absolute Gasteiger partial charge is 0.127 e. The van der Waals surface area contributed by atoms with E-state index >= 15 is 0 Å². The summed E-state index contributed by atoms with van der Waals surface area (Å²) in [5.74, 6) is 0.969. The Hall–Kier alpha value is -2.59. The number of hydrogen-bond acceptors (Lipinski definition) is 4. The summed E-state index contributed by atoms with van der Waals surface area (Å²) in [7, 11) is 2.19. The normalized spacial score (nSPS) is 20.0. The Labute approximate surface area is 160 Å². The van der Waals surface area contributed by atoms with E-state index in [9.17, 15) is 0 Å². The van der Waals surface area contributed by atoms with Gasteiger partial charge in [0.1, 0.15) is 5.82 Å². The highest BCUT2D eigenvalue weighted by Crippen LogP contribution is 2.33. The molecule has 27 heavy (non-hydrogen) atoms. The van der Waals surface area contributed by atoms with Gasteiger partial charge in [-0.25, -0.2) is 4.98 Å². The van der Waals surface area contributed by atoms with Crippen LogP contribution in [0.15, 0.2) is 54.6 Å². The maximum Gasteiger partial charge on any atom is 0.127 e. The van der Waals surface area contributed by atoms with E-state index in [-0.39, 0.29) is 0 Å². The van der Waals surface area contributed by atoms with Crippen molar-refractivity contribution in [1.82, 2.24) is 9.88 Å². The van der Waals surface area contributed by atoms with Gasteiger partial charge in [0.25, 0.3) is 0 Å². The number of nitrogens with zero attached hydrogens (tertiary/aromatic N) is 3. The van der Waals surface area contributed by atoms with Crippen molar-refractivity contribution in [3.05, 3.63) is 65.7 Å². The number of fused-ring (bicyclic) bond motifs is 2. The number of likely N-dealkylation sites (N-methyl/N-ethyl adjacent to an activating group) is 1. The zero-order valence-corrected chi connectivity index (χ0v) is 15.9. The number of pyridine rings is 1. The minimum Gasteiger partial charge on any atom is -0.369 e. The lowest BCUT2D eigenvalue weighted by molar-refractivity contribution is 0.313. The number of benzene rings is 2. The average Bonchev–Trinajstić information content (AvgIpc) is 3.11. The lowest BCUT2D eigenvalue weighted by Gasteiger charge is -2.34. The summed E-state index contributed by atoms with van der Waals surface area (Å²) in [6.07, 6.45) is 2.29. The van der Waals surface area contributed by atoms with Crippen molar-refractivity contribution in [3.63, 3.8) is 0 Å². The summed E-state index contributed by atoms with van der Waals surface area (Å²) >= 11 is 0. The summed E-state index contributed by atoms with van der Waals surface area (Å²) in [6, 6.07) is 20.1. The molecule has 0 amide bonds. The number of aryl methyl sites for hydroxylation is 1. The lowest BCUT2D eigenvalue weighted by atomic mass is 10.1. The van der Waals surface area contributed by atoms with Gasteiger partial charge in [0.05, 0.1) is 11.6 Å². The highest BCUT2D eigenvalue weighted by atomic mass is 15.2. The van der Waals surface area contributed by atoms with Gasteiger partial charge in [-0.1, -0.05) is 24.3 Å². The molecule has 3 aromatic rings. The first-order chi connectivity index (χ1) is 13.3. The number of aromatic nitrogens is 1. The molecular weight excluding hydrogens is 332 g/mol. The second kappa shape index (κ2) is 6.86. The van der Waals surface area contributed by atoms with Crippen LogP contribution in [-0.2, 0) is 6.42 Å². The maximum atomic E-state index is 4.87. The fraction of sp³-hybridized carbons (Fsp3) is 0.348. The Morgan fingerprint density at radius 1 is 0.963 bits per heavy atom. The Balaban J connectivity index is 1.36. The Bertz CT molecular complexity index is 960. The molecule has 1 N–H and O–H groups in total. The highest BCUT2D eigenvalue weighted by Gasteiger charge is 2.22. The molecule has 1 atom stereocenters. The molecule has 1 aromatic heterocycles. The summed E-state index contributed by atoms with van der Waals surface area (Å²) in [5.41, 5.74) is 5.25. The van der Waals surface area contributed by atoms with Gasteiger partial charge in [-0.05, 0) is 61.3 Å². The molecule has 0 saturated carbocycles. The van der Waals surface area contributed by atoms with Crippen LogP contribution in [0.25, 0.3) is 10.9 Å². The highest BCUT2D eigenvalue weighted by molar-refractivity contribution is 5.84. The molecule has 138 valence electrons. The largest absolute Gasteiger partial charge is 0.369 e. The van der Waals surface area contributed by atoms with Gasteiger partial charge >= 0.3 is 0 Å². The second-order valence-corrected chi connectivity index (χ2v) is 7.80. The predicted molar refractivity (Wildman–Crippen MR) is 113 cm³/mol. The van der Waals surface area contributed by atoms with E-state index in [4.69, 9.17) is 4.98 Å². The molecule has 4 heteroatoms. The summed E-state index contributed by atoms with van der Waals surface area (Å²) in [4.78, 5) is 9.73. The van der Waals surface area contributed by atoms with Crippen molar-refractivity contribution in [1.29, 1.82) is 0 Å². The average molecular weight is 358 g/mol. The maximum absolute atomic E-state index is 4.87. The van der Waals surface area contributed by atoms with Crippen molar-refractivity contribution in [2.75, 3.05) is 43.4 Å². The molecule has 4 nitrogen and oxygen atoms in total. The van der Waals surface area contributed by atoms with Crippen LogP contribution in [0, 0.1) is 0 Å². The minimum absolute atomic E-state index is 0.371. The molecule has 1 aliphatic carbocycles. The standard InChI is InChI=1S/C23H26N4/c1-26-12-14-27(15-13-26)19-8-10-21-18(16-19)7-11-23(24-21)25-22-9-6-17-4-2-3-5-20(17)22/h2-5,7-8,10-11,16,22H,6,9,12-15H2,1H3,(H,24,25)/t22-/m1/s1. The van der Waals surface area contributed by atoms with Gasteiger partial charge < -0.3 is 15.1 Å². The zero-order chi connectivity index (χ0) is 18.2. The van der Waals surface area contributed by atoms with E-state index in [1.807, 2.05) is 0 Å². The van der Waals surface area contributed by atoms with Crippen molar-refractivity contribution in [2.24, 2.45) is 0 Å². The number of rotatable bonds is 3. The fourth-order valence-electron chi connectivity index (χ4n) is 4.34. The van der Waals surface area contributed by atoms with E-state index in [1.54, 1.807) is 0 Å². The van der Waals surface area contributed by atoms with Gasteiger partial charge in [-0.3, -0.25) is 0 Å². The molecule has 2 aliphatic rings. The van der Waals surface area contributed by atoms with E-state index in [1.165, 1.54) is 22.2 Å². The van der Waals surface area contributed by atoms with Crippen molar-refractivity contribution in [3.8, 4) is 0 Å². The lowest BCUT2D eigenvalue weighted by Crippen LogP contribution is -2.44. The molecule has 1 aliphatic heterocycles. The molecular formula is C23H26N4. The first-order valence-electron chi connectivity index (χ1n) is 9.95. The second-order valence-electron chi connectivity index (χ2n) is 7.80. The third kappa shape index (κ3) is 3.26. The zero-order valence-electron chi connectivity index (χ0n) is 15.9. The fourth-order valence-corrected chi connectivity index (χ4v) is 4.34. The quantitative estimate of drug-likeness (QED) is 0.764. The van der Waals surface area contributed by atoms with Gasteiger partial charge in [-0.15, -0.1) is 0 Å². The number of piperazine rings is 1. The Morgan fingerprint density at radius 3 is 2.70 bits per heavy atom. The molecule has 0 unspecified atom stereocenters.